The molecular weight excluding hydrogens is 132 g/mol. The standard InChI is InChI=1S/C6H16N2O2/c1-4(10)6(8)2-5(7)3-9/h4-6,9-10H,2-3,7-8H2,1H3. The fraction of sp³-hybridized carbons (Fsp3) is 1.00. The number of hydrogen-bond donors (Lipinski definition) is 4. The van der Waals surface area contributed by atoms with E-state index in [2.05, 4.69) is 0 Å². The van der Waals surface area contributed by atoms with E-state index in [1.165, 1.54) is 0 Å². The van der Waals surface area contributed by atoms with Crippen LogP contribution in [0.1, 0.15) is 13.3 Å². The second-order valence-corrected chi connectivity index (χ2v) is 2.58. The zero-order valence-electron chi connectivity index (χ0n) is 6.20. The number of aliphatic hydroxyl groups is 2. The van der Waals surface area contributed by atoms with E-state index in [1.54, 1.807) is 6.92 Å². The second kappa shape index (κ2) is 4.62. The highest BCUT2D eigenvalue weighted by Gasteiger charge is 2.12. The van der Waals surface area contributed by atoms with E-state index in [9.17, 15) is 0 Å². The van der Waals surface area contributed by atoms with Gasteiger partial charge in [0, 0.05) is 12.1 Å². The van der Waals surface area contributed by atoms with E-state index in [1.807, 2.05) is 0 Å². The summed E-state index contributed by atoms with van der Waals surface area (Å²) in [5, 5.41) is 17.4. The fourth-order valence-corrected chi connectivity index (χ4v) is 0.621. The molecule has 0 saturated heterocycles. The van der Waals surface area contributed by atoms with E-state index < -0.39 is 6.10 Å². The van der Waals surface area contributed by atoms with E-state index in [4.69, 9.17) is 21.7 Å². The molecule has 0 rings (SSSR count). The molecule has 0 heterocycles. The molecule has 3 atom stereocenters. The van der Waals surface area contributed by atoms with Gasteiger partial charge in [0.25, 0.3) is 0 Å². The molecule has 62 valence electrons. The molecule has 0 bridgehead atoms. The molecule has 0 aromatic carbocycles. The first-order valence-corrected chi connectivity index (χ1v) is 3.38. The molecule has 0 fully saturated rings. The predicted molar refractivity (Wildman–Crippen MR) is 39.3 cm³/mol. The highest BCUT2D eigenvalue weighted by Crippen LogP contribution is 1.97. The first-order chi connectivity index (χ1) is 4.57. The van der Waals surface area contributed by atoms with Crippen LogP contribution in [-0.2, 0) is 0 Å². The van der Waals surface area contributed by atoms with Crippen LogP contribution in [0, 0.1) is 0 Å². The Morgan fingerprint density at radius 2 is 1.90 bits per heavy atom. The topological polar surface area (TPSA) is 92.5 Å². The van der Waals surface area contributed by atoms with Gasteiger partial charge < -0.3 is 21.7 Å². The van der Waals surface area contributed by atoms with Crippen molar-refractivity contribution in [2.75, 3.05) is 6.61 Å². The third-order valence-electron chi connectivity index (χ3n) is 1.43. The van der Waals surface area contributed by atoms with Crippen LogP contribution in [-0.4, -0.2) is 35.0 Å². The molecule has 4 nitrogen and oxygen atoms in total. The summed E-state index contributed by atoms with van der Waals surface area (Å²) in [6, 6.07) is -0.647. The lowest BCUT2D eigenvalue weighted by Gasteiger charge is -2.17. The lowest BCUT2D eigenvalue weighted by molar-refractivity contribution is 0.147. The molecule has 0 aliphatic rings. The van der Waals surface area contributed by atoms with Crippen molar-refractivity contribution in [3.05, 3.63) is 0 Å². The first kappa shape index (κ1) is 9.84. The van der Waals surface area contributed by atoms with Crippen LogP contribution in [0.25, 0.3) is 0 Å². The summed E-state index contributed by atoms with van der Waals surface area (Å²) in [5.41, 5.74) is 10.8. The van der Waals surface area contributed by atoms with Crippen LogP contribution in [0.3, 0.4) is 0 Å². The lowest BCUT2D eigenvalue weighted by Crippen LogP contribution is -2.40. The van der Waals surface area contributed by atoms with Gasteiger partial charge in [-0.15, -0.1) is 0 Å². The van der Waals surface area contributed by atoms with Gasteiger partial charge >= 0.3 is 0 Å². The molecule has 0 radical (unpaired) electrons. The van der Waals surface area contributed by atoms with E-state index in [0.29, 0.717) is 6.42 Å². The van der Waals surface area contributed by atoms with Crippen molar-refractivity contribution in [2.24, 2.45) is 11.5 Å². The highest BCUT2D eigenvalue weighted by molar-refractivity contribution is 4.73. The van der Waals surface area contributed by atoms with Crippen LogP contribution >= 0.6 is 0 Å². The largest absolute Gasteiger partial charge is 0.395 e. The Bertz CT molecular complexity index is 87.8. The van der Waals surface area contributed by atoms with Gasteiger partial charge in [0.1, 0.15) is 0 Å². The third kappa shape index (κ3) is 3.79. The van der Waals surface area contributed by atoms with Crippen LogP contribution in [0.15, 0.2) is 0 Å². The van der Waals surface area contributed by atoms with E-state index in [-0.39, 0.29) is 18.7 Å². The van der Waals surface area contributed by atoms with Crippen LogP contribution in [0.4, 0.5) is 0 Å². The van der Waals surface area contributed by atoms with Gasteiger partial charge in [0.15, 0.2) is 0 Å². The average Bonchev–Trinajstić information content (AvgIpc) is 1.87. The highest BCUT2D eigenvalue weighted by atomic mass is 16.3. The van der Waals surface area contributed by atoms with Crippen molar-refractivity contribution < 1.29 is 10.2 Å². The molecule has 10 heavy (non-hydrogen) atoms. The van der Waals surface area contributed by atoms with Gasteiger partial charge in [-0.1, -0.05) is 0 Å². The smallest absolute Gasteiger partial charge is 0.0663 e. The Morgan fingerprint density at radius 3 is 2.20 bits per heavy atom. The van der Waals surface area contributed by atoms with Crippen molar-refractivity contribution >= 4 is 0 Å². The van der Waals surface area contributed by atoms with E-state index in [0.717, 1.165) is 0 Å². The van der Waals surface area contributed by atoms with Crippen molar-refractivity contribution in [1.29, 1.82) is 0 Å². The normalized spacial score (nSPS) is 20.1. The summed E-state index contributed by atoms with van der Waals surface area (Å²) in [6.45, 7) is 1.52. The molecule has 0 aromatic heterocycles. The van der Waals surface area contributed by atoms with Gasteiger partial charge in [-0.2, -0.15) is 0 Å². The third-order valence-corrected chi connectivity index (χ3v) is 1.43. The van der Waals surface area contributed by atoms with Crippen molar-refractivity contribution in [3.8, 4) is 0 Å². The van der Waals surface area contributed by atoms with Crippen molar-refractivity contribution in [1.82, 2.24) is 0 Å². The molecule has 0 amide bonds. The molecule has 4 heteroatoms. The Hall–Kier alpha value is -0.160. The summed E-state index contributed by atoms with van der Waals surface area (Å²) >= 11 is 0. The number of aliphatic hydroxyl groups excluding tert-OH is 2. The van der Waals surface area contributed by atoms with Gasteiger partial charge in [-0.3, -0.25) is 0 Å². The maximum absolute atomic E-state index is 8.90. The van der Waals surface area contributed by atoms with Crippen LogP contribution in [0.5, 0.6) is 0 Å². The number of hydrogen-bond acceptors (Lipinski definition) is 4. The predicted octanol–water partition coefficient (Wildman–Crippen LogP) is -1.60. The lowest BCUT2D eigenvalue weighted by atomic mass is 10.1. The van der Waals surface area contributed by atoms with Crippen LogP contribution in [0.2, 0.25) is 0 Å². The minimum atomic E-state index is -0.558. The molecule has 0 aliphatic carbocycles. The first-order valence-electron chi connectivity index (χ1n) is 3.38. The van der Waals surface area contributed by atoms with Gasteiger partial charge in [0.05, 0.1) is 12.7 Å². The minimum absolute atomic E-state index is 0.0829. The Balaban J connectivity index is 3.46. The van der Waals surface area contributed by atoms with Gasteiger partial charge in [-0.25, -0.2) is 0 Å². The van der Waals surface area contributed by atoms with Crippen molar-refractivity contribution in [2.45, 2.75) is 31.5 Å². The fourth-order valence-electron chi connectivity index (χ4n) is 0.621. The molecule has 0 aliphatic heterocycles. The molecule has 0 saturated carbocycles. The summed E-state index contributed by atoms with van der Waals surface area (Å²) in [6.07, 6.45) is -0.105. The summed E-state index contributed by atoms with van der Waals surface area (Å²) < 4.78 is 0. The Morgan fingerprint density at radius 1 is 1.40 bits per heavy atom. The van der Waals surface area contributed by atoms with Gasteiger partial charge in [-0.05, 0) is 13.3 Å². The Kier molecular flexibility index (Phi) is 4.55. The zero-order valence-corrected chi connectivity index (χ0v) is 6.20. The summed E-state index contributed by atoms with van der Waals surface area (Å²) in [4.78, 5) is 0. The van der Waals surface area contributed by atoms with Crippen molar-refractivity contribution in [3.63, 3.8) is 0 Å². The maximum atomic E-state index is 8.90. The zero-order chi connectivity index (χ0) is 8.15. The average molecular weight is 148 g/mol. The monoisotopic (exact) mass is 148 g/mol. The molecule has 0 spiro atoms. The molecular formula is C6H16N2O2. The number of rotatable bonds is 4. The minimum Gasteiger partial charge on any atom is -0.395 e. The van der Waals surface area contributed by atoms with E-state index >= 15 is 0 Å². The summed E-state index contributed by atoms with van der Waals surface area (Å²) in [7, 11) is 0. The SMILES string of the molecule is CC(O)C(N)CC(N)CO. The summed E-state index contributed by atoms with van der Waals surface area (Å²) in [5.74, 6) is 0. The second-order valence-electron chi connectivity index (χ2n) is 2.58. The van der Waals surface area contributed by atoms with Crippen LogP contribution < -0.4 is 11.5 Å². The van der Waals surface area contributed by atoms with Gasteiger partial charge in [0.2, 0.25) is 0 Å². The number of nitrogens with two attached hydrogens (primary N) is 2. The molecule has 3 unspecified atom stereocenters. The maximum Gasteiger partial charge on any atom is 0.0663 e. The Labute approximate surface area is 60.8 Å². The molecule has 6 N–H and O–H groups in total. The quantitative estimate of drug-likeness (QED) is 0.386. The molecule has 0 aromatic rings.